The molecule has 1 heterocycles. The minimum Gasteiger partial charge on any atom is -0.304 e. The molecule has 1 aliphatic heterocycles. The van der Waals surface area contributed by atoms with E-state index in [9.17, 15) is 13.2 Å². The zero-order valence-electron chi connectivity index (χ0n) is 18.6. The molecule has 32 heavy (non-hydrogen) atoms. The summed E-state index contributed by atoms with van der Waals surface area (Å²) in [5.41, 5.74) is 5.25. The molecule has 1 amide bonds. The SMILES string of the molecule is CCN(CC)CCc1ccc(-c2ccc(S(=O)(=O)N3CC=C(C(=O)NO)CC3)cc2)cc1. The number of amides is 1. The van der Waals surface area contributed by atoms with E-state index in [0.717, 1.165) is 37.2 Å². The molecule has 1 aliphatic rings. The number of sulfonamides is 1. The molecule has 2 N–H and O–H groups in total. The number of nitrogens with one attached hydrogen (secondary N) is 1. The maximum Gasteiger partial charge on any atom is 0.270 e. The van der Waals surface area contributed by atoms with Gasteiger partial charge < -0.3 is 4.90 Å². The van der Waals surface area contributed by atoms with Gasteiger partial charge >= 0.3 is 0 Å². The fourth-order valence-corrected chi connectivity index (χ4v) is 5.19. The van der Waals surface area contributed by atoms with Gasteiger partial charge in [0, 0.05) is 25.2 Å². The van der Waals surface area contributed by atoms with Crippen molar-refractivity contribution in [2.24, 2.45) is 0 Å². The Balaban J connectivity index is 1.67. The summed E-state index contributed by atoms with van der Waals surface area (Å²) in [5, 5.41) is 8.72. The van der Waals surface area contributed by atoms with Crippen molar-refractivity contribution in [3.63, 3.8) is 0 Å². The number of carbonyl (C=O) groups is 1. The van der Waals surface area contributed by atoms with Crippen molar-refractivity contribution in [1.29, 1.82) is 0 Å². The number of hydrogen-bond donors (Lipinski definition) is 2. The fourth-order valence-electron chi connectivity index (χ4n) is 3.81. The zero-order valence-corrected chi connectivity index (χ0v) is 19.4. The first-order chi connectivity index (χ1) is 15.4. The number of rotatable bonds is 9. The summed E-state index contributed by atoms with van der Waals surface area (Å²) >= 11 is 0. The second-order valence-electron chi connectivity index (χ2n) is 7.78. The highest BCUT2D eigenvalue weighted by Crippen LogP contribution is 2.25. The van der Waals surface area contributed by atoms with Gasteiger partial charge in [0.2, 0.25) is 10.0 Å². The molecule has 0 bridgehead atoms. The van der Waals surface area contributed by atoms with Crippen LogP contribution in [0.25, 0.3) is 11.1 Å². The van der Waals surface area contributed by atoms with Gasteiger partial charge in [0.25, 0.3) is 5.91 Å². The average Bonchev–Trinajstić information content (AvgIpc) is 2.84. The number of benzene rings is 2. The Morgan fingerprint density at radius 3 is 2.12 bits per heavy atom. The molecule has 0 spiro atoms. The second-order valence-corrected chi connectivity index (χ2v) is 9.72. The van der Waals surface area contributed by atoms with E-state index in [4.69, 9.17) is 5.21 Å². The lowest BCUT2D eigenvalue weighted by molar-refractivity contribution is -0.125. The van der Waals surface area contributed by atoms with E-state index in [2.05, 4.69) is 43.0 Å². The Labute approximate surface area is 190 Å². The third-order valence-electron chi connectivity index (χ3n) is 5.96. The maximum absolute atomic E-state index is 12.9. The number of nitrogens with zero attached hydrogens (tertiary/aromatic N) is 2. The Morgan fingerprint density at radius 1 is 1.03 bits per heavy atom. The Hall–Kier alpha value is -2.52. The van der Waals surface area contributed by atoms with Crippen LogP contribution >= 0.6 is 0 Å². The van der Waals surface area contributed by atoms with Gasteiger partial charge in [-0.1, -0.05) is 56.3 Å². The first kappa shape index (κ1) is 24.1. The lowest BCUT2D eigenvalue weighted by Crippen LogP contribution is -2.37. The monoisotopic (exact) mass is 457 g/mol. The second kappa shape index (κ2) is 10.9. The van der Waals surface area contributed by atoms with Crippen LogP contribution < -0.4 is 5.48 Å². The average molecular weight is 458 g/mol. The van der Waals surface area contributed by atoms with Gasteiger partial charge in [-0.2, -0.15) is 4.31 Å². The van der Waals surface area contributed by atoms with Gasteiger partial charge in [-0.05, 0) is 54.8 Å². The molecule has 0 saturated heterocycles. The maximum atomic E-state index is 12.9. The van der Waals surface area contributed by atoms with Crippen LogP contribution in [0.4, 0.5) is 0 Å². The van der Waals surface area contributed by atoms with Gasteiger partial charge in [-0.3, -0.25) is 10.0 Å². The third-order valence-corrected chi connectivity index (χ3v) is 7.83. The topological polar surface area (TPSA) is 90.0 Å². The van der Waals surface area contributed by atoms with Crippen LogP contribution in [0.2, 0.25) is 0 Å². The van der Waals surface area contributed by atoms with E-state index in [1.807, 2.05) is 12.1 Å². The lowest BCUT2D eigenvalue weighted by atomic mass is 10.0. The summed E-state index contributed by atoms with van der Waals surface area (Å²) in [6.45, 7) is 7.78. The van der Waals surface area contributed by atoms with Gasteiger partial charge in [-0.25, -0.2) is 13.9 Å². The van der Waals surface area contributed by atoms with Crippen molar-refractivity contribution in [3.8, 4) is 11.1 Å². The standard InChI is InChI=1S/C24H31N3O4S/c1-3-26(4-2)16-13-19-5-7-20(8-6-19)21-9-11-23(12-10-21)32(30,31)27-17-14-22(15-18-27)24(28)25-29/h5-12,14,29H,3-4,13,15-18H2,1-2H3,(H,25,28). The Morgan fingerprint density at radius 2 is 1.62 bits per heavy atom. The molecule has 7 nitrogen and oxygen atoms in total. The van der Waals surface area contributed by atoms with E-state index < -0.39 is 15.9 Å². The highest BCUT2D eigenvalue weighted by Gasteiger charge is 2.27. The third kappa shape index (κ3) is 5.63. The molecule has 0 atom stereocenters. The molecule has 0 unspecified atom stereocenters. The highest BCUT2D eigenvalue weighted by molar-refractivity contribution is 7.89. The zero-order chi connectivity index (χ0) is 23.1. The summed E-state index contributed by atoms with van der Waals surface area (Å²) in [6.07, 6.45) is 2.79. The normalized spacial score (nSPS) is 14.9. The van der Waals surface area contributed by atoms with Crippen molar-refractivity contribution in [1.82, 2.24) is 14.7 Å². The van der Waals surface area contributed by atoms with Gasteiger partial charge in [0.05, 0.1) is 4.90 Å². The van der Waals surface area contributed by atoms with Crippen molar-refractivity contribution in [2.75, 3.05) is 32.7 Å². The van der Waals surface area contributed by atoms with E-state index in [0.29, 0.717) is 5.57 Å². The molecule has 0 aliphatic carbocycles. The highest BCUT2D eigenvalue weighted by atomic mass is 32.2. The molecule has 172 valence electrons. The first-order valence-electron chi connectivity index (χ1n) is 10.9. The van der Waals surface area contributed by atoms with Gasteiger partial charge in [-0.15, -0.1) is 0 Å². The van der Waals surface area contributed by atoms with Gasteiger partial charge in [0.15, 0.2) is 0 Å². The molecule has 3 rings (SSSR count). The van der Waals surface area contributed by atoms with Crippen molar-refractivity contribution in [3.05, 3.63) is 65.7 Å². The van der Waals surface area contributed by atoms with Crippen molar-refractivity contribution < 1.29 is 18.4 Å². The number of hydroxylamine groups is 1. The first-order valence-corrected chi connectivity index (χ1v) is 12.4. The molecule has 2 aromatic rings. The minimum atomic E-state index is -3.65. The molecular weight excluding hydrogens is 426 g/mol. The van der Waals surface area contributed by atoms with E-state index in [-0.39, 0.29) is 24.4 Å². The summed E-state index contributed by atoms with van der Waals surface area (Å²) in [4.78, 5) is 14.1. The summed E-state index contributed by atoms with van der Waals surface area (Å²) in [5.74, 6) is -0.592. The fraction of sp³-hybridized carbons (Fsp3) is 0.375. The largest absolute Gasteiger partial charge is 0.304 e. The molecule has 0 radical (unpaired) electrons. The van der Waals surface area contributed by atoms with Crippen LogP contribution in [0, 0.1) is 0 Å². The van der Waals surface area contributed by atoms with Crippen LogP contribution in [-0.4, -0.2) is 61.5 Å². The number of hydrogen-bond acceptors (Lipinski definition) is 5. The predicted octanol–water partition coefficient (Wildman–Crippen LogP) is 3.06. The Kier molecular flexibility index (Phi) is 8.20. The molecule has 0 aromatic heterocycles. The van der Waals surface area contributed by atoms with Crippen molar-refractivity contribution >= 4 is 15.9 Å². The predicted molar refractivity (Wildman–Crippen MR) is 125 cm³/mol. The molecule has 0 fully saturated rings. The molecular formula is C24H31N3O4S. The van der Waals surface area contributed by atoms with Crippen LogP contribution in [0.3, 0.4) is 0 Å². The van der Waals surface area contributed by atoms with E-state index in [1.54, 1.807) is 17.6 Å². The van der Waals surface area contributed by atoms with E-state index in [1.165, 1.54) is 15.9 Å². The van der Waals surface area contributed by atoms with Crippen LogP contribution in [-0.2, 0) is 21.2 Å². The molecule has 8 heteroatoms. The summed E-state index contributed by atoms with van der Waals surface area (Å²) in [6, 6.07) is 15.3. The van der Waals surface area contributed by atoms with Crippen LogP contribution in [0.15, 0.2) is 65.1 Å². The summed E-state index contributed by atoms with van der Waals surface area (Å²) < 4.78 is 27.2. The minimum absolute atomic E-state index is 0.0990. The van der Waals surface area contributed by atoms with Crippen LogP contribution in [0.5, 0.6) is 0 Å². The van der Waals surface area contributed by atoms with Gasteiger partial charge in [0.1, 0.15) is 0 Å². The molecule has 2 aromatic carbocycles. The summed E-state index contributed by atoms with van der Waals surface area (Å²) in [7, 11) is -3.65. The quantitative estimate of drug-likeness (QED) is 0.446. The lowest BCUT2D eigenvalue weighted by Gasteiger charge is -2.25. The Bertz CT molecular complexity index is 1040. The molecule has 0 saturated carbocycles. The number of likely N-dealkylation sites (N-methyl/N-ethyl adjacent to an activating group) is 1. The smallest absolute Gasteiger partial charge is 0.270 e. The van der Waals surface area contributed by atoms with Crippen LogP contribution in [0.1, 0.15) is 25.8 Å². The van der Waals surface area contributed by atoms with E-state index >= 15 is 0 Å². The van der Waals surface area contributed by atoms with Crippen molar-refractivity contribution in [2.45, 2.75) is 31.6 Å². The number of carbonyl (C=O) groups excluding carboxylic acids is 1.